The van der Waals surface area contributed by atoms with Crippen LogP contribution in [0.5, 0.6) is 17.2 Å². The largest absolute Gasteiger partial charge is 0.507 e. The fourth-order valence-corrected chi connectivity index (χ4v) is 3.68. The number of benzene rings is 3. The molecule has 0 radical (unpaired) electrons. The Kier molecular flexibility index (Phi) is 4.81. The van der Waals surface area contributed by atoms with Gasteiger partial charge < -0.3 is 15.3 Å². The number of nitroso groups, excluding NO2 is 1. The summed E-state index contributed by atoms with van der Waals surface area (Å²) in [4.78, 5) is 11.8. The second-order valence-corrected chi connectivity index (χ2v) is 9.48. The molecule has 3 aromatic carbocycles. The van der Waals surface area contributed by atoms with Crippen molar-refractivity contribution in [1.29, 1.82) is 0 Å². The molecule has 0 atom stereocenters. The second-order valence-electron chi connectivity index (χ2n) is 9.48. The van der Waals surface area contributed by atoms with E-state index in [1.807, 2.05) is 41.5 Å². The van der Waals surface area contributed by atoms with E-state index in [0.717, 1.165) is 0 Å². The molecule has 3 rings (SSSR count). The minimum Gasteiger partial charge on any atom is -0.507 e. The van der Waals surface area contributed by atoms with E-state index < -0.39 is 5.75 Å². The van der Waals surface area contributed by atoms with Crippen molar-refractivity contribution in [3.63, 3.8) is 0 Å². The number of hydrogen-bond acceptors (Lipinski definition) is 5. The van der Waals surface area contributed by atoms with Gasteiger partial charge in [0.2, 0.25) is 0 Å². The van der Waals surface area contributed by atoms with Gasteiger partial charge >= 0.3 is 0 Å². The summed E-state index contributed by atoms with van der Waals surface area (Å²) in [5.74, 6) is -0.506. The molecule has 0 bridgehead atoms. The van der Waals surface area contributed by atoms with Gasteiger partial charge in [0.05, 0.1) is 5.56 Å². The van der Waals surface area contributed by atoms with Crippen LogP contribution in [-0.2, 0) is 10.8 Å². The van der Waals surface area contributed by atoms with Crippen LogP contribution in [0.1, 0.15) is 52.7 Å². The lowest BCUT2D eigenvalue weighted by molar-refractivity contribution is 0.409. The third-order valence-electron chi connectivity index (χ3n) is 5.24. The van der Waals surface area contributed by atoms with Crippen LogP contribution in [0.3, 0.4) is 0 Å². The van der Waals surface area contributed by atoms with Gasteiger partial charge in [0.25, 0.3) is 0 Å². The van der Waals surface area contributed by atoms with E-state index in [2.05, 4.69) is 5.18 Å². The molecule has 5 heteroatoms. The van der Waals surface area contributed by atoms with E-state index in [1.165, 1.54) is 0 Å². The fraction of sp³-hybridized carbons (Fsp3) is 0.333. The lowest BCUT2D eigenvalue weighted by Crippen LogP contribution is -2.17. The van der Waals surface area contributed by atoms with Crippen LogP contribution in [-0.4, -0.2) is 15.3 Å². The van der Waals surface area contributed by atoms with Crippen molar-refractivity contribution in [2.45, 2.75) is 52.4 Å². The van der Waals surface area contributed by atoms with Gasteiger partial charge in [-0.25, -0.2) is 0 Å². The minimum absolute atomic E-state index is 0.0568. The molecule has 0 saturated carbocycles. The average molecular weight is 393 g/mol. The number of fused-ring (bicyclic) bond motifs is 1. The van der Waals surface area contributed by atoms with Crippen LogP contribution in [0.25, 0.3) is 21.9 Å². The number of nitrogens with zero attached hydrogens (tertiary/aromatic N) is 1. The standard InChI is InChI=1S/C24H27NO4/c1-23(2,3)16-11-13(12-17(21(16)27)24(4,5)6)18-19(25-29)14-9-7-8-10-15(14)20(26)22(18)28/h7-12,26-28H,1-6H3. The molecule has 0 aliphatic rings. The highest BCUT2D eigenvalue weighted by molar-refractivity contribution is 6.07. The summed E-state index contributed by atoms with van der Waals surface area (Å²) in [6, 6.07) is 10.3. The summed E-state index contributed by atoms with van der Waals surface area (Å²) in [6.45, 7) is 11.9. The van der Waals surface area contributed by atoms with Gasteiger partial charge in [-0.15, -0.1) is 4.91 Å². The Bertz CT molecular complexity index is 1080. The zero-order valence-corrected chi connectivity index (χ0v) is 17.7. The number of phenolic OH excluding ortho intramolecular Hbond substituents is 3. The Morgan fingerprint density at radius 2 is 1.21 bits per heavy atom. The first-order chi connectivity index (χ1) is 13.4. The normalized spacial score (nSPS) is 12.3. The lowest BCUT2D eigenvalue weighted by atomic mass is 9.77. The lowest BCUT2D eigenvalue weighted by Gasteiger charge is -2.28. The van der Waals surface area contributed by atoms with Gasteiger partial charge in [0, 0.05) is 21.9 Å². The molecule has 0 aliphatic carbocycles. The second kappa shape index (κ2) is 6.76. The number of rotatable bonds is 2. The molecule has 0 spiro atoms. The van der Waals surface area contributed by atoms with Crippen molar-refractivity contribution in [2.75, 3.05) is 0 Å². The smallest absolute Gasteiger partial charge is 0.168 e. The maximum atomic E-state index is 11.8. The summed E-state index contributed by atoms with van der Waals surface area (Å²) < 4.78 is 0. The molecule has 3 aromatic rings. The molecule has 0 fully saturated rings. The van der Waals surface area contributed by atoms with Gasteiger partial charge in [-0.05, 0) is 33.7 Å². The summed E-state index contributed by atoms with van der Waals surface area (Å²) in [5, 5.41) is 36.4. The number of aromatic hydroxyl groups is 3. The third-order valence-corrected chi connectivity index (χ3v) is 5.24. The fourth-order valence-electron chi connectivity index (χ4n) is 3.68. The molecule has 0 amide bonds. The van der Waals surface area contributed by atoms with Crippen molar-refractivity contribution in [3.8, 4) is 28.4 Å². The Labute approximate surface area is 170 Å². The first-order valence-corrected chi connectivity index (χ1v) is 9.56. The van der Waals surface area contributed by atoms with Crippen LogP contribution in [0, 0.1) is 4.91 Å². The SMILES string of the molecule is CC(C)(C)c1cc(-c2c(O)c(O)c3ccccc3c2N=O)cc(C(C)(C)C)c1O. The molecule has 3 N–H and O–H groups in total. The Balaban J connectivity index is 2.51. The van der Waals surface area contributed by atoms with Gasteiger partial charge in [-0.1, -0.05) is 65.8 Å². The van der Waals surface area contributed by atoms with Gasteiger partial charge in [-0.2, -0.15) is 0 Å². The van der Waals surface area contributed by atoms with Crippen molar-refractivity contribution >= 4 is 16.5 Å². The summed E-state index contributed by atoms with van der Waals surface area (Å²) in [5.41, 5.74) is 1.33. The quantitative estimate of drug-likeness (QED) is 0.337. The van der Waals surface area contributed by atoms with Gasteiger partial charge in [0.1, 0.15) is 11.4 Å². The van der Waals surface area contributed by atoms with Gasteiger partial charge in [0.15, 0.2) is 11.5 Å². The van der Waals surface area contributed by atoms with Crippen molar-refractivity contribution < 1.29 is 15.3 Å². The van der Waals surface area contributed by atoms with Crippen LogP contribution in [0.15, 0.2) is 41.6 Å². The van der Waals surface area contributed by atoms with E-state index in [4.69, 9.17) is 0 Å². The highest BCUT2D eigenvalue weighted by Gasteiger charge is 2.29. The number of phenols is 3. The molecular formula is C24H27NO4. The molecule has 0 saturated heterocycles. The molecule has 0 heterocycles. The highest BCUT2D eigenvalue weighted by Crippen LogP contribution is 2.51. The molecule has 0 aromatic heterocycles. The van der Waals surface area contributed by atoms with E-state index >= 15 is 0 Å². The molecule has 5 nitrogen and oxygen atoms in total. The van der Waals surface area contributed by atoms with Crippen molar-refractivity contribution in [1.82, 2.24) is 0 Å². The van der Waals surface area contributed by atoms with E-state index in [-0.39, 0.29) is 33.6 Å². The Morgan fingerprint density at radius 1 is 0.724 bits per heavy atom. The highest BCUT2D eigenvalue weighted by atomic mass is 16.3. The predicted octanol–water partition coefficient (Wildman–Crippen LogP) is 6.62. The maximum absolute atomic E-state index is 11.8. The monoisotopic (exact) mass is 393 g/mol. The van der Waals surface area contributed by atoms with Crippen molar-refractivity contribution in [3.05, 3.63) is 52.4 Å². The number of hydrogen-bond donors (Lipinski definition) is 3. The molecule has 152 valence electrons. The van der Waals surface area contributed by atoms with E-state index in [9.17, 15) is 20.2 Å². The molecule has 29 heavy (non-hydrogen) atoms. The van der Waals surface area contributed by atoms with Crippen LogP contribution in [0.2, 0.25) is 0 Å². The van der Waals surface area contributed by atoms with Crippen LogP contribution in [0.4, 0.5) is 5.69 Å². The molecule has 0 aliphatic heterocycles. The van der Waals surface area contributed by atoms with Crippen LogP contribution >= 0.6 is 0 Å². The first-order valence-electron chi connectivity index (χ1n) is 9.56. The van der Waals surface area contributed by atoms with E-state index in [0.29, 0.717) is 27.5 Å². The Hall–Kier alpha value is -3.08. The summed E-state index contributed by atoms with van der Waals surface area (Å²) in [7, 11) is 0. The zero-order chi connectivity index (χ0) is 21.7. The van der Waals surface area contributed by atoms with Crippen LogP contribution < -0.4 is 0 Å². The maximum Gasteiger partial charge on any atom is 0.168 e. The topological polar surface area (TPSA) is 90.1 Å². The van der Waals surface area contributed by atoms with Gasteiger partial charge in [-0.3, -0.25) is 0 Å². The zero-order valence-electron chi connectivity index (χ0n) is 17.7. The minimum atomic E-state index is -0.399. The van der Waals surface area contributed by atoms with E-state index in [1.54, 1.807) is 36.4 Å². The molecule has 0 unspecified atom stereocenters. The molecular weight excluding hydrogens is 366 g/mol. The first kappa shape index (κ1) is 20.6. The Morgan fingerprint density at radius 3 is 1.66 bits per heavy atom. The summed E-state index contributed by atoms with van der Waals surface area (Å²) in [6.07, 6.45) is 0. The summed E-state index contributed by atoms with van der Waals surface area (Å²) >= 11 is 0. The predicted molar refractivity (Wildman–Crippen MR) is 117 cm³/mol. The van der Waals surface area contributed by atoms with Crippen molar-refractivity contribution in [2.24, 2.45) is 5.18 Å². The average Bonchev–Trinajstić information content (AvgIpc) is 2.63. The third kappa shape index (κ3) is 3.41.